The minimum atomic E-state index is 0.599. The van der Waals surface area contributed by atoms with Gasteiger partial charge in [-0.25, -0.2) is 0 Å². The van der Waals surface area contributed by atoms with E-state index in [1.54, 1.807) is 6.21 Å². The molecule has 118 valence electrons. The summed E-state index contributed by atoms with van der Waals surface area (Å²) in [5.41, 5.74) is 6.85. The highest BCUT2D eigenvalue weighted by Gasteiger charge is 2.11. The van der Waals surface area contributed by atoms with Crippen LogP contribution in [-0.4, -0.2) is 11.1 Å². The molecule has 0 atom stereocenters. The lowest BCUT2D eigenvalue weighted by molar-refractivity contribution is 0.487. The van der Waals surface area contributed by atoms with E-state index in [0.717, 1.165) is 23.4 Å². The normalized spacial score (nSPS) is 14.0. The van der Waals surface area contributed by atoms with Crippen molar-refractivity contribution in [3.63, 3.8) is 0 Å². The molecule has 2 aromatic rings. The van der Waals surface area contributed by atoms with Gasteiger partial charge < -0.3 is 4.90 Å². The molecule has 0 unspecified atom stereocenters. The minimum absolute atomic E-state index is 0.599. The second-order valence-electron chi connectivity index (χ2n) is 5.54. The van der Waals surface area contributed by atoms with E-state index in [0.29, 0.717) is 6.42 Å². The Bertz CT molecular complexity index is 799. The van der Waals surface area contributed by atoms with E-state index < -0.39 is 0 Å². The zero-order valence-electron chi connectivity index (χ0n) is 13.3. The molecule has 1 aliphatic heterocycles. The van der Waals surface area contributed by atoms with Crippen LogP contribution in [0.5, 0.6) is 0 Å². The average molecular weight is 314 g/mol. The van der Waals surface area contributed by atoms with Crippen molar-refractivity contribution in [2.45, 2.75) is 13.0 Å². The first kappa shape index (κ1) is 15.6. The van der Waals surface area contributed by atoms with Crippen molar-refractivity contribution < 1.29 is 0 Å². The van der Waals surface area contributed by atoms with Crippen molar-refractivity contribution in [1.29, 1.82) is 5.26 Å². The van der Waals surface area contributed by atoms with Crippen LogP contribution in [-0.2, 0) is 6.54 Å². The number of hydrazone groups is 1. The predicted octanol–water partition coefficient (Wildman–Crippen LogP) is 4.28. The zero-order valence-corrected chi connectivity index (χ0v) is 13.3. The summed E-state index contributed by atoms with van der Waals surface area (Å²) in [4.78, 5) is 2.03. The van der Waals surface area contributed by atoms with Gasteiger partial charge >= 0.3 is 0 Å². The second-order valence-corrected chi connectivity index (χ2v) is 5.54. The van der Waals surface area contributed by atoms with Crippen molar-refractivity contribution in [2.24, 2.45) is 5.10 Å². The summed E-state index contributed by atoms with van der Waals surface area (Å²) in [6, 6.07) is 22.2. The van der Waals surface area contributed by atoms with Crippen molar-refractivity contribution in [2.75, 3.05) is 5.43 Å². The van der Waals surface area contributed by atoms with Crippen molar-refractivity contribution in [1.82, 2.24) is 4.90 Å². The molecule has 4 nitrogen and oxygen atoms in total. The molecule has 0 spiro atoms. The first-order chi connectivity index (χ1) is 11.8. The maximum absolute atomic E-state index is 9.26. The number of rotatable bonds is 5. The van der Waals surface area contributed by atoms with Gasteiger partial charge in [-0.05, 0) is 23.3 Å². The summed E-state index contributed by atoms with van der Waals surface area (Å²) in [7, 11) is 0. The molecule has 0 bridgehead atoms. The lowest BCUT2D eigenvalue weighted by Crippen LogP contribution is -2.15. The van der Waals surface area contributed by atoms with Crippen LogP contribution >= 0.6 is 0 Å². The molecule has 0 saturated carbocycles. The van der Waals surface area contributed by atoms with Crippen LogP contribution in [0.4, 0.5) is 5.69 Å². The van der Waals surface area contributed by atoms with Gasteiger partial charge in [-0.3, -0.25) is 5.43 Å². The number of nitrogens with one attached hydrogen (secondary N) is 1. The molecule has 24 heavy (non-hydrogen) atoms. The largest absolute Gasteiger partial charge is 0.349 e. The summed E-state index contributed by atoms with van der Waals surface area (Å²) in [5.74, 6) is 0. The summed E-state index contributed by atoms with van der Waals surface area (Å²) < 4.78 is 0. The Balaban J connectivity index is 1.69. The molecule has 0 amide bonds. The fraction of sp³-hybridized carbons (Fsp3) is 0.100. The number of benzene rings is 2. The fourth-order valence-electron chi connectivity index (χ4n) is 2.50. The van der Waals surface area contributed by atoms with Gasteiger partial charge in [-0.15, -0.1) is 0 Å². The molecule has 1 N–H and O–H groups in total. The molecule has 0 saturated heterocycles. The Morgan fingerprint density at radius 2 is 1.75 bits per heavy atom. The smallest absolute Gasteiger partial charge is 0.0966 e. The lowest BCUT2D eigenvalue weighted by atomic mass is 10.1. The third-order valence-electron chi connectivity index (χ3n) is 3.60. The van der Waals surface area contributed by atoms with Gasteiger partial charge in [0.1, 0.15) is 0 Å². The van der Waals surface area contributed by atoms with Gasteiger partial charge in [0.2, 0.25) is 0 Å². The standard InChI is InChI=1S/C20H18N4/c21-12-18-11-19(13-22-23-20-9-5-2-6-10-20)16-24(15-18)14-17-7-3-1-4-8-17/h1-10,13,15-16,23H,11,14H2. The van der Waals surface area contributed by atoms with Crippen molar-refractivity contribution in [3.8, 4) is 6.07 Å². The molecule has 4 heteroatoms. The molecule has 1 aliphatic rings. The number of allylic oxidation sites excluding steroid dienone is 2. The molecule has 2 aromatic carbocycles. The van der Waals surface area contributed by atoms with Crippen LogP contribution in [0.3, 0.4) is 0 Å². The van der Waals surface area contributed by atoms with E-state index in [-0.39, 0.29) is 0 Å². The highest BCUT2D eigenvalue weighted by Crippen LogP contribution is 2.19. The van der Waals surface area contributed by atoms with E-state index in [2.05, 4.69) is 28.7 Å². The maximum atomic E-state index is 9.26. The van der Waals surface area contributed by atoms with Crippen LogP contribution in [0.1, 0.15) is 12.0 Å². The monoisotopic (exact) mass is 314 g/mol. The molecule has 0 aromatic heterocycles. The highest BCUT2D eigenvalue weighted by atomic mass is 15.3. The van der Waals surface area contributed by atoms with Crippen LogP contribution in [0.25, 0.3) is 0 Å². The number of hydrogen-bond donors (Lipinski definition) is 1. The predicted molar refractivity (Wildman–Crippen MR) is 96.9 cm³/mol. The summed E-state index contributed by atoms with van der Waals surface area (Å²) in [6.07, 6.45) is 6.30. The number of nitrogens with zero attached hydrogens (tertiary/aromatic N) is 3. The van der Waals surface area contributed by atoms with Crippen LogP contribution in [0, 0.1) is 11.3 Å². The summed E-state index contributed by atoms with van der Waals surface area (Å²) >= 11 is 0. The Labute approximate surface area is 142 Å². The molecular formula is C20H18N4. The fourth-order valence-corrected chi connectivity index (χ4v) is 2.50. The number of para-hydroxylation sites is 1. The Hall–Kier alpha value is -3.32. The maximum Gasteiger partial charge on any atom is 0.0966 e. The van der Waals surface area contributed by atoms with Crippen LogP contribution in [0.15, 0.2) is 89.3 Å². The van der Waals surface area contributed by atoms with Gasteiger partial charge in [-0.1, -0.05) is 48.5 Å². The van der Waals surface area contributed by atoms with E-state index in [4.69, 9.17) is 0 Å². The number of hydrogen-bond acceptors (Lipinski definition) is 4. The lowest BCUT2D eigenvalue weighted by Gasteiger charge is -2.21. The highest BCUT2D eigenvalue weighted by molar-refractivity contribution is 5.80. The van der Waals surface area contributed by atoms with Gasteiger partial charge in [0.05, 0.1) is 23.5 Å². The summed E-state index contributed by atoms with van der Waals surface area (Å²) in [5, 5.41) is 13.5. The first-order valence-electron chi connectivity index (χ1n) is 7.79. The quantitative estimate of drug-likeness (QED) is 0.662. The molecule has 0 fully saturated rings. The number of anilines is 1. The molecule has 3 rings (SSSR count). The summed E-state index contributed by atoms with van der Waals surface area (Å²) in [6.45, 7) is 0.732. The Morgan fingerprint density at radius 3 is 2.46 bits per heavy atom. The third kappa shape index (κ3) is 4.34. The van der Waals surface area contributed by atoms with Gasteiger partial charge in [0.25, 0.3) is 0 Å². The average Bonchev–Trinajstić information content (AvgIpc) is 2.63. The van der Waals surface area contributed by atoms with Crippen LogP contribution < -0.4 is 5.43 Å². The van der Waals surface area contributed by atoms with Crippen LogP contribution in [0.2, 0.25) is 0 Å². The molecule has 0 radical (unpaired) electrons. The van der Waals surface area contributed by atoms with E-state index in [1.165, 1.54) is 5.56 Å². The van der Waals surface area contributed by atoms with Crippen molar-refractivity contribution >= 4 is 11.9 Å². The first-order valence-corrected chi connectivity index (χ1v) is 7.79. The van der Waals surface area contributed by atoms with E-state index in [1.807, 2.05) is 65.8 Å². The topological polar surface area (TPSA) is 51.4 Å². The minimum Gasteiger partial charge on any atom is -0.349 e. The van der Waals surface area contributed by atoms with Crippen molar-refractivity contribution in [3.05, 3.63) is 89.8 Å². The zero-order chi connectivity index (χ0) is 16.6. The van der Waals surface area contributed by atoms with E-state index >= 15 is 0 Å². The third-order valence-corrected chi connectivity index (χ3v) is 3.60. The van der Waals surface area contributed by atoms with Gasteiger partial charge in [0.15, 0.2) is 0 Å². The number of nitriles is 1. The Kier molecular flexibility index (Phi) is 5.06. The van der Waals surface area contributed by atoms with E-state index in [9.17, 15) is 5.26 Å². The Morgan fingerprint density at radius 1 is 1.04 bits per heavy atom. The van der Waals surface area contributed by atoms with Gasteiger partial charge in [0, 0.05) is 25.4 Å². The SMILES string of the molecule is N#CC1=CN(Cc2ccccc2)C=C(C=NNc2ccccc2)C1. The second kappa shape index (κ2) is 7.80. The molecule has 0 aliphatic carbocycles. The molecule has 1 heterocycles. The van der Waals surface area contributed by atoms with Gasteiger partial charge in [-0.2, -0.15) is 10.4 Å². The molecular weight excluding hydrogens is 296 g/mol.